The van der Waals surface area contributed by atoms with Crippen LogP contribution in [0.4, 0.5) is 10.1 Å². The summed E-state index contributed by atoms with van der Waals surface area (Å²) < 4.78 is 18.3. The Morgan fingerprint density at radius 1 is 1.07 bits per heavy atom. The third-order valence-corrected chi connectivity index (χ3v) is 5.22. The monoisotopic (exact) mass is 420 g/mol. The normalized spacial score (nSPS) is 10.7. The summed E-state index contributed by atoms with van der Waals surface area (Å²) in [5.74, 6) is 0.668. The second-order valence-corrected chi connectivity index (χ2v) is 7.43. The molecular weight excluding hydrogens is 403 g/mol. The predicted molar refractivity (Wildman–Crippen MR) is 113 cm³/mol. The molecule has 0 atom stereocenters. The van der Waals surface area contributed by atoms with E-state index in [1.165, 1.54) is 23.9 Å². The van der Waals surface area contributed by atoms with E-state index in [4.69, 9.17) is 4.52 Å². The average Bonchev–Trinajstić information content (AvgIpc) is 3.24. The van der Waals surface area contributed by atoms with Crippen molar-refractivity contribution in [1.82, 2.24) is 15.1 Å². The molecule has 4 rings (SSSR count). The van der Waals surface area contributed by atoms with Gasteiger partial charge in [-0.05, 0) is 48.0 Å². The third-order valence-electron chi connectivity index (χ3n) is 4.20. The molecule has 0 aliphatic heterocycles. The first kappa shape index (κ1) is 19.8. The molecule has 6 nitrogen and oxygen atoms in total. The number of nitrogens with one attached hydrogen (secondary N) is 1. The van der Waals surface area contributed by atoms with E-state index in [9.17, 15) is 9.18 Å². The van der Waals surface area contributed by atoms with Crippen molar-refractivity contribution < 1.29 is 13.7 Å². The first-order chi connectivity index (χ1) is 14.7. The molecular formula is C22H17FN4O2S. The van der Waals surface area contributed by atoms with Crippen molar-refractivity contribution in [3.63, 3.8) is 0 Å². The highest BCUT2D eigenvalue weighted by atomic mass is 32.2. The van der Waals surface area contributed by atoms with Crippen LogP contribution in [0.25, 0.3) is 11.4 Å². The number of nitrogens with zero attached hydrogens (tertiary/aromatic N) is 3. The molecule has 2 heterocycles. The highest BCUT2D eigenvalue weighted by Crippen LogP contribution is 2.22. The second-order valence-electron chi connectivity index (χ2n) is 6.38. The zero-order chi connectivity index (χ0) is 20.8. The number of anilines is 1. The average molecular weight is 420 g/mol. The van der Waals surface area contributed by atoms with E-state index in [0.29, 0.717) is 23.8 Å². The Labute approximate surface area is 176 Å². The fourth-order valence-corrected chi connectivity index (χ4v) is 3.46. The zero-order valence-corrected chi connectivity index (χ0v) is 16.6. The minimum Gasteiger partial charge on any atom is -0.339 e. The molecule has 1 N–H and O–H groups in total. The van der Waals surface area contributed by atoms with E-state index >= 15 is 0 Å². The van der Waals surface area contributed by atoms with Crippen LogP contribution in [0.5, 0.6) is 0 Å². The van der Waals surface area contributed by atoms with Gasteiger partial charge in [-0.1, -0.05) is 23.4 Å². The van der Waals surface area contributed by atoms with Crippen molar-refractivity contribution in [3.8, 4) is 11.4 Å². The first-order valence-corrected chi connectivity index (χ1v) is 10.1. The molecule has 1 amide bonds. The summed E-state index contributed by atoms with van der Waals surface area (Å²) >= 11 is 1.34. The van der Waals surface area contributed by atoms with E-state index < -0.39 is 0 Å². The summed E-state index contributed by atoms with van der Waals surface area (Å²) in [6.07, 6.45) is 3.73. The van der Waals surface area contributed by atoms with Gasteiger partial charge in [0.2, 0.25) is 17.6 Å². The highest BCUT2D eigenvalue weighted by molar-refractivity contribution is 8.00. The summed E-state index contributed by atoms with van der Waals surface area (Å²) in [5, 5.41) is 6.92. The fourth-order valence-electron chi connectivity index (χ4n) is 2.76. The number of carbonyl (C=O) groups is 1. The van der Waals surface area contributed by atoms with Crippen molar-refractivity contribution in [2.45, 2.75) is 11.3 Å². The molecule has 0 saturated carbocycles. The molecule has 150 valence electrons. The maximum absolute atomic E-state index is 13.0. The molecule has 0 aliphatic rings. The minimum absolute atomic E-state index is 0.154. The molecule has 0 saturated heterocycles. The molecule has 0 radical (unpaired) electrons. The summed E-state index contributed by atoms with van der Waals surface area (Å²) in [6, 6.07) is 17.2. The number of thioether (sulfide) groups is 1. The van der Waals surface area contributed by atoms with Crippen LogP contribution < -0.4 is 5.32 Å². The first-order valence-electron chi connectivity index (χ1n) is 9.16. The topological polar surface area (TPSA) is 80.9 Å². The predicted octanol–water partition coefficient (Wildman–Crippen LogP) is 4.59. The highest BCUT2D eigenvalue weighted by Gasteiger charge is 2.13. The van der Waals surface area contributed by atoms with Crippen LogP contribution >= 0.6 is 11.8 Å². The molecule has 0 aliphatic carbocycles. The minimum atomic E-state index is -0.301. The number of halogens is 1. The van der Waals surface area contributed by atoms with Crippen molar-refractivity contribution in [2.75, 3.05) is 11.1 Å². The van der Waals surface area contributed by atoms with Crippen LogP contribution in [0.2, 0.25) is 0 Å². The number of para-hydroxylation sites is 1. The molecule has 0 bridgehead atoms. The van der Waals surface area contributed by atoms with Crippen LogP contribution in [0.1, 0.15) is 11.5 Å². The summed E-state index contributed by atoms with van der Waals surface area (Å²) in [5.41, 5.74) is 2.31. The molecule has 2 aromatic carbocycles. The molecule has 30 heavy (non-hydrogen) atoms. The van der Waals surface area contributed by atoms with E-state index in [1.54, 1.807) is 30.6 Å². The van der Waals surface area contributed by atoms with Gasteiger partial charge >= 0.3 is 0 Å². The number of hydrogen-bond acceptors (Lipinski definition) is 6. The summed E-state index contributed by atoms with van der Waals surface area (Å²) in [6.45, 7) is 0. The van der Waals surface area contributed by atoms with Crippen LogP contribution in [0.15, 0.2) is 82.5 Å². The van der Waals surface area contributed by atoms with Gasteiger partial charge in [-0.15, -0.1) is 11.8 Å². The molecule has 0 unspecified atom stereocenters. The molecule has 0 spiro atoms. The summed E-state index contributed by atoms with van der Waals surface area (Å²) in [7, 11) is 0. The van der Waals surface area contributed by atoms with E-state index in [2.05, 4.69) is 20.4 Å². The molecule has 2 aromatic heterocycles. The van der Waals surface area contributed by atoms with Crippen LogP contribution in [0.3, 0.4) is 0 Å². The Morgan fingerprint density at radius 2 is 1.90 bits per heavy atom. The molecule has 8 heteroatoms. The lowest BCUT2D eigenvalue weighted by Gasteiger charge is -2.09. The van der Waals surface area contributed by atoms with Gasteiger partial charge in [-0.2, -0.15) is 4.98 Å². The largest absolute Gasteiger partial charge is 0.339 e. The number of amides is 1. The Bertz CT molecular complexity index is 1130. The van der Waals surface area contributed by atoms with Gasteiger partial charge in [0.25, 0.3) is 0 Å². The van der Waals surface area contributed by atoms with Gasteiger partial charge in [0.1, 0.15) is 5.82 Å². The number of benzene rings is 2. The lowest BCUT2D eigenvalue weighted by molar-refractivity contribution is -0.113. The van der Waals surface area contributed by atoms with Crippen molar-refractivity contribution in [2.24, 2.45) is 0 Å². The smallest absolute Gasteiger partial charge is 0.234 e. The molecule has 4 aromatic rings. The Morgan fingerprint density at radius 3 is 2.70 bits per heavy atom. The fraction of sp³-hybridized carbons (Fsp3) is 0.0909. The van der Waals surface area contributed by atoms with Crippen LogP contribution in [-0.2, 0) is 11.2 Å². The third kappa shape index (κ3) is 5.09. The van der Waals surface area contributed by atoms with Crippen LogP contribution in [-0.4, -0.2) is 26.8 Å². The van der Waals surface area contributed by atoms with Crippen molar-refractivity contribution >= 4 is 23.4 Å². The van der Waals surface area contributed by atoms with E-state index in [-0.39, 0.29) is 17.5 Å². The standard InChI is InChI=1S/C22H17FN4O2S/c23-17-7-9-18(10-8-17)30-14-20(28)25-19-6-2-1-4-15(19)12-21-26-22(27-29-21)16-5-3-11-24-13-16/h1-11,13H,12,14H2,(H,25,28). The molecule has 0 fully saturated rings. The lowest BCUT2D eigenvalue weighted by Crippen LogP contribution is -2.15. The van der Waals surface area contributed by atoms with Crippen molar-refractivity contribution in [1.29, 1.82) is 0 Å². The van der Waals surface area contributed by atoms with Crippen LogP contribution in [0, 0.1) is 5.82 Å². The quantitative estimate of drug-likeness (QED) is 0.441. The summed E-state index contributed by atoms with van der Waals surface area (Å²) in [4.78, 5) is 21.7. The van der Waals surface area contributed by atoms with Gasteiger partial charge in [0, 0.05) is 28.5 Å². The van der Waals surface area contributed by atoms with Gasteiger partial charge in [0.05, 0.1) is 12.2 Å². The number of hydrogen-bond donors (Lipinski definition) is 1. The van der Waals surface area contributed by atoms with E-state index in [1.807, 2.05) is 30.3 Å². The van der Waals surface area contributed by atoms with Gasteiger partial charge < -0.3 is 9.84 Å². The number of pyridine rings is 1. The Kier molecular flexibility index (Phi) is 6.14. The van der Waals surface area contributed by atoms with Gasteiger partial charge in [0.15, 0.2) is 0 Å². The Hall–Kier alpha value is -3.52. The van der Waals surface area contributed by atoms with Crippen molar-refractivity contribution in [3.05, 3.63) is 90.3 Å². The maximum atomic E-state index is 13.0. The number of aromatic nitrogens is 3. The van der Waals surface area contributed by atoms with Gasteiger partial charge in [-0.3, -0.25) is 9.78 Å². The SMILES string of the molecule is O=C(CSc1ccc(F)cc1)Nc1ccccc1Cc1nc(-c2cccnc2)no1. The second kappa shape index (κ2) is 9.32. The maximum Gasteiger partial charge on any atom is 0.234 e. The Balaban J connectivity index is 1.40. The number of rotatable bonds is 7. The number of carbonyl (C=O) groups excluding carboxylic acids is 1. The zero-order valence-electron chi connectivity index (χ0n) is 15.8. The van der Waals surface area contributed by atoms with Gasteiger partial charge in [-0.25, -0.2) is 4.39 Å². The van der Waals surface area contributed by atoms with E-state index in [0.717, 1.165) is 16.0 Å². The lowest BCUT2D eigenvalue weighted by atomic mass is 10.1.